The molecule has 2 aliphatic rings. The standard InChI is InChI=1S/C10H10O7/c1-3(9(12)13)16-5-2-4(10(14)15)7-8(17-7)6(5)11/h2,5-8,11H,1H2,(H,12,13)(H,14,15)/t5-,6+,7-,8+/m1/s1. The maximum Gasteiger partial charge on any atom is 0.370 e. The van der Waals surface area contributed by atoms with Gasteiger partial charge in [0.05, 0.1) is 5.57 Å². The zero-order chi connectivity index (χ0) is 12.7. The lowest BCUT2D eigenvalue weighted by molar-refractivity contribution is -0.138. The molecule has 1 fully saturated rings. The molecule has 1 saturated heterocycles. The quantitative estimate of drug-likeness (QED) is 0.333. The van der Waals surface area contributed by atoms with Gasteiger partial charge in [-0.3, -0.25) is 0 Å². The summed E-state index contributed by atoms with van der Waals surface area (Å²) in [6.45, 7) is 3.14. The number of fused-ring (bicyclic) bond motifs is 1. The minimum Gasteiger partial charge on any atom is -0.478 e. The molecular formula is C10H10O7. The Balaban J connectivity index is 2.16. The van der Waals surface area contributed by atoms with E-state index in [0.29, 0.717) is 0 Å². The van der Waals surface area contributed by atoms with Crippen LogP contribution in [-0.4, -0.2) is 51.7 Å². The van der Waals surface area contributed by atoms with Crippen LogP contribution >= 0.6 is 0 Å². The molecule has 0 aromatic heterocycles. The van der Waals surface area contributed by atoms with E-state index in [0.717, 1.165) is 6.08 Å². The zero-order valence-corrected chi connectivity index (χ0v) is 8.57. The summed E-state index contributed by atoms with van der Waals surface area (Å²) in [5.41, 5.74) is -0.0384. The largest absolute Gasteiger partial charge is 0.478 e. The van der Waals surface area contributed by atoms with Gasteiger partial charge < -0.3 is 24.8 Å². The maximum atomic E-state index is 10.8. The highest BCUT2D eigenvalue weighted by Gasteiger charge is 2.55. The van der Waals surface area contributed by atoms with E-state index in [2.05, 4.69) is 6.58 Å². The Labute approximate surface area is 95.6 Å². The number of ether oxygens (including phenoxy) is 2. The van der Waals surface area contributed by atoms with E-state index in [9.17, 15) is 14.7 Å². The maximum absolute atomic E-state index is 10.8. The van der Waals surface area contributed by atoms with Gasteiger partial charge >= 0.3 is 11.9 Å². The summed E-state index contributed by atoms with van der Waals surface area (Å²) in [6.07, 6.45) is -2.32. The summed E-state index contributed by atoms with van der Waals surface area (Å²) < 4.78 is 9.86. The molecule has 7 heteroatoms. The average molecular weight is 242 g/mol. The number of carbonyl (C=O) groups is 2. The van der Waals surface area contributed by atoms with Gasteiger partial charge in [-0.05, 0) is 12.7 Å². The Bertz CT molecular complexity index is 424. The van der Waals surface area contributed by atoms with Gasteiger partial charge in [0.1, 0.15) is 24.4 Å². The van der Waals surface area contributed by atoms with E-state index in [4.69, 9.17) is 19.7 Å². The summed E-state index contributed by atoms with van der Waals surface area (Å²) >= 11 is 0. The average Bonchev–Trinajstić information content (AvgIpc) is 3.01. The van der Waals surface area contributed by atoms with Crippen LogP contribution in [0, 0.1) is 0 Å². The highest BCUT2D eigenvalue weighted by molar-refractivity contribution is 5.89. The van der Waals surface area contributed by atoms with Crippen LogP contribution in [0.15, 0.2) is 24.0 Å². The highest BCUT2D eigenvalue weighted by Crippen LogP contribution is 2.38. The number of epoxide rings is 1. The molecule has 0 amide bonds. The molecule has 0 aromatic rings. The lowest BCUT2D eigenvalue weighted by Crippen LogP contribution is -2.38. The van der Waals surface area contributed by atoms with Crippen LogP contribution in [0.25, 0.3) is 0 Å². The number of carboxylic acids is 2. The van der Waals surface area contributed by atoms with E-state index in [1.54, 1.807) is 0 Å². The lowest BCUT2D eigenvalue weighted by atomic mass is 9.95. The number of rotatable bonds is 4. The fourth-order valence-corrected chi connectivity index (χ4v) is 1.70. The summed E-state index contributed by atoms with van der Waals surface area (Å²) in [7, 11) is 0. The topological polar surface area (TPSA) is 117 Å². The number of hydrogen-bond acceptors (Lipinski definition) is 5. The van der Waals surface area contributed by atoms with Gasteiger partial charge in [-0.15, -0.1) is 0 Å². The molecule has 7 nitrogen and oxygen atoms in total. The van der Waals surface area contributed by atoms with E-state index >= 15 is 0 Å². The monoisotopic (exact) mass is 242 g/mol. The van der Waals surface area contributed by atoms with Crippen LogP contribution in [0.1, 0.15) is 0 Å². The molecule has 0 spiro atoms. The number of carboxylic acid groups (broad SMARTS) is 2. The number of aliphatic hydroxyl groups excluding tert-OH is 1. The first kappa shape index (κ1) is 11.6. The molecule has 0 bridgehead atoms. The van der Waals surface area contributed by atoms with Crippen molar-refractivity contribution in [3.05, 3.63) is 24.0 Å². The number of aliphatic hydroxyl groups is 1. The molecular weight excluding hydrogens is 232 g/mol. The van der Waals surface area contributed by atoms with Crippen molar-refractivity contribution in [2.24, 2.45) is 0 Å². The van der Waals surface area contributed by atoms with Gasteiger partial charge in [0.25, 0.3) is 0 Å². The smallest absolute Gasteiger partial charge is 0.370 e. The van der Waals surface area contributed by atoms with Gasteiger partial charge in [-0.25, -0.2) is 9.59 Å². The van der Waals surface area contributed by atoms with Gasteiger partial charge in [0.2, 0.25) is 0 Å². The van der Waals surface area contributed by atoms with Gasteiger partial charge in [0, 0.05) is 0 Å². The second kappa shape index (κ2) is 3.86. The lowest BCUT2D eigenvalue weighted by Gasteiger charge is -2.23. The summed E-state index contributed by atoms with van der Waals surface area (Å²) in [6, 6.07) is 0. The fraction of sp³-hybridized carbons (Fsp3) is 0.400. The van der Waals surface area contributed by atoms with Crippen molar-refractivity contribution < 1.29 is 34.4 Å². The zero-order valence-electron chi connectivity index (χ0n) is 8.57. The molecule has 92 valence electrons. The van der Waals surface area contributed by atoms with E-state index in [-0.39, 0.29) is 5.57 Å². The summed E-state index contributed by atoms with van der Waals surface area (Å²) in [4.78, 5) is 21.4. The first-order valence-corrected chi connectivity index (χ1v) is 4.79. The third-order valence-electron chi connectivity index (χ3n) is 2.61. The van der Waals surface area contributed by atoms with Crippen LogP contribution in [0.2, 0.25) is 0 Å². The van der Waals surface area contributed by atoms with Crippen LogP contribution in [0.4, 0.5) is 0 Å². The van der Waals surface area contributed by atoms with Crippen molar-refractivity contribution in [3.8, 4) is 0 Å². The van der Waals surface area contributed by atoms with Gasteiger partial charge in [0.15, 0.2) is 5.76 Å². The van der Waals surface area contributed by atoms with Crippen molar-refractivity contribution >= 4 is 11.9 Å². The molecule has 0 saturated carbocycles. The van der Waals surface area contributed by atoms with E-state index in [1.807, 2.05) is 0 Å². The second-order valence-corrected chi connectivity index (χ2v) is 3.75. The van der Waals surface area contributed by atoms with Crippen molar-refractivity contribution in [3.63, 3.8) is 0 Å². The first-order chi connectivity index (χ1) is 7.91. The fourth-order valence-electron chi connectivity index (χ4n) is 1.70. The Morgan fingerprint density at radius 2 is 2.06 bits per heavy atom. The Kier molecular flexibility index (Phi) is 2.64. The molecule has 0 unspecified atom stereocenters. The first-order valence-electron chi connectivity index (χ1n) is 4.79. The predicted octanol–water partition coefficient (Wildman–Crippen LogP) is -0.877. The molecule has 4 atom stereocenters. The van der Waals surface area contributed by atoms with Crippen LogP contribution < -0.4 is 0 Å². The van der Waals surface area contributed by atoms with E-state index < -0.39 is 42.1 Å². The molecule has 1 aliphatic carbocycles. The highest BCUT2D eigenvalue weighted by atomic mass is 16.6. The van der Waals surface area contributed by atoms with Gasteiger partial charge in [-0.1, -0.05) is 0 Å². The summed E-state index contributed by atoms with van der Waals surface area (Å²) in [5, 5.41) is 27.1. The molecule has 3 N–H and O–H groups in total. The van der Waals surface area contributed by atoms with Crippen molar-refractivity contribution in [2.45, 2.75) is 24.4 Å². The SMILES string of the molecule is C=C(O[C@@H]1C=C(C(=O)O)[C@H]2O[C@H]2[C@H]1O)C(=O)O. The van der Waals surface area contributed by atoms with Crippen molar-refractivity contribution in [2.75, 3.05) is 0 Å². The minimum absolute atomic E-state index is 0.0384. The molecule has 0 aromatic carbocycles. The van der Waals surface area contributed by atoms with Gasteiger partial charge in [-0.2, -0.15) is 0 Å². The van der Waals surface area contributed by atoms with Crippen LogP contribution in [0.3, 0.4) is 0 Å². The van der Waals surface area contributed by atoms with Crippen molar-refractivity contribution in [1.29, 1.82) is 0 Å². The van der Waals surface area contributed by atoms with E-state index in [1.165, 1.54) is 0 Å². The minimum atomic E-state index is -1.37. The second-order valence-electron chi connectivity index (χ2n) is 3.75. The number of aliphatic carboxylic acids is 2. The van der Waals surface area contributed by atoms with Crippen LogP contribution in [0.5, 0.6) is 0 Å². The van der Waals surface area contributed by atoms with Crippen LogP contribution in [-0.2, 0) is 19.1 Å². The molecule has 1 aliphatic heterocycles. The normalized spacial score (nSPS) is 34.3. The molecule has 0 radical (unpaired) electrons. The third-order valence-corrected chi connectivity index (χ3v) is 2.61. The predicted molar refractivity (Wildman–Crippen MR) is 52.0 cm³/mol. The molecule has 17 heavy (non-hydrogen) atoms. The third kappa shape index (κ3) is 2.02. The molecule has 1 heterocycles. The van der Waals surface area contributed by atoms with Crippen molar-refractivity contribution in [1.82, 2.24) is 0 Å². The Morgan fingerprint density at radius 3 is 2.59 bits per heavy atom. The number of hydrogen-bond donors (Lipinski definition) is 3. The Morgan fingerprint density at radius 1 is 1.41 bits per heavy atom. The Hall–Kier alpha value is -1.86. The molecule has 2 rings (SSSR count). The summed E-state index contributed by atoms with van der Waals surface area (Å²) in [5.74, 6) is -3.12.